The van der Waals surface area contributed by atoms with Gasteiger partial charge in [0.15, 0.2) is 5.82 Å². The highest BCUT2D eigenvalue weighted by molar-refractivity contribution is 9.10. The number of thiazole rings is 1. The molecule has 0 aliphatic rings. The highest BCUT2D eigenvalue weighted by Crippen LogP contribution is 2.25. The maximum Gasteiger partial charge on any atom is 0.291 e. The third-order valence-corrected chi connectivity index (χ3v) is 6.23. The highest BCUT2D eigenvalue weighted by Gasteiger charge is 2.13. The maximum absolute atomic E-state index is 12.8. The van der Waals surface area contributed by atoms with Crippen LogP contribution < -0.4 is 14.8 Å². The van der Waals surface area contributed by atoms with Gasteiger partial charge in [0, 0.05) is 21.7 Å². The van der Waals surface area contributed by atoms with Crippen molar-refractivity contribution in [2.24, 2.45) is 0 Å². The van der Waals surface area contributed by atoms with E-state index in [0.717, 1.165) is 33.5 Å². The quantitative estimate of drug-likeness (QED) is 0.316. The van der Waals surface area contributed by atoms with Gasteiger partial charge < -0.3 is 9.15 Å². The predicted octanol–water partition coefficient (Wildman–Crippen LogP) is 5.18. The van der Waals surface area contributed by atoms with E-state index in [2.05, 4.69) is 32.9 Å². The van der Waals surface area contributed by atoms with Gasteiger partial charge in [-0.3, -0.25) is 4.79 Å². The molecule has 0 bridgehead atoms. The Balaban J connectivity index is 1.43. The van der Waals surface area contributed by atoms with E-state index in [4.69, 9.17) is 9.15 Å². The summed E-state index contributed by atoms with van der Waals surface area (Å²) >= 11 is 4.75. The van der Waals surface area contributed by atoms with E-state index in [9.17, 15) is 4.79 Å². The van der Waals surface area contributed by atoms with E-state index in [-0.39, 0.29) is 5.56 Å². The maximum atomic E-state index is 12.8. The van der Waals surface area contributed by atoms with Crippen LogP contribution in [0.15, 0.2) is 74.3 Å². The van der Waals surface area contributed by atoms with Crippen molar-refractivity contribution in [2.45, 2.75) is 13.3 Å². The number of halogens is 1. The molecule has 0 aliphatic heterocycles. The fraction of sp³-hybridized carbons (Fsp3) is 0.125. The first-order valence-electron chi connectivity index (χ1n) is 10.1. The Morgan fingerprint density at radius 3 is 2.72 bits per heavy atom. The van der Waals surface area contributed by atoms with Crippen LogP contribution >= 0.6 is 27.3 Å². The van der Waals surface area contributed by atoms with Crippen LogP contribution in [0.3, 0.4) is 0 Å². The lowest BCUT2D eigenvalue weighted by Crippen LogP contribution is -2.23. The van der Waals surface area contributed by atoms with Gasteiger partial charge in [0.1, 0.15) is 21.8 Å². The molecular formula is C24H18BrN3O3S. The molecule has 3 aromatic heterocycles. The average Bonchev–Trinajstić information content (AvgIpc) is 3.50. The number of hydrogen-bond acceptors (Lipinski definition) is 6. The minimum atomic E-state index is -0.216. The van der Waals surface area contributed by atoms with Crippen molar-refractivity contribution in [2.75, 3.05) is 6.61 Å². The molecule has 5 aromatic rings. The van der Waals surface area contributed by atoms with Gasteiger partial charge in [0.2, 0.25) is 4.96 Å². The lowest BCUT2D eigenvalue weighted by atomic mass is 10.2. The Bertz CT molecular complexity index is 1500. The van der Waals surface area contributed by atoms with Gasteiger partial charge in [0.05, 0.1) is 6.61 Å². The summed E-state index contributed by atoms with van der Waals surface area (Å²) in [6.45, 7) is 2.74. The van der Waals surface area contributed by atoms with E-state index in [1.165, 1.54) is 15.9 Å². The van der Waals surface area contributed by atoms with E-state index >= 15 is 0 Å². The molecule has 0 fully saturated rings. The molecule has 0 aliphatic carbocycles. The van der Waals surface area contributed by atoms with Crippen molar-refractivity contribution < 1.29 is 9.15 Å². The van der Waals surface area contributed by atoms with Gasteiger partial charge in [-0.1, -0.05) is 46.3 Å². The van der Waals surface area contributed by atoms with Gasteiger partial charge in [-0.15, -0.1) is 5.10 Å². The summed E-state index contributed by atoms with van der Waals surface area (Å²) in [6.07, 6.45) is 2.68. The molecule has 160 valence electrons. The molecule has 0 N–H and O–H groups in total. The molecule has 0 saturated carbocycles. The summed E-state index contributed by atoms with van der Waals surface area (Å²) in [7, 11) is 0. The molecule has 0 unspecified atom stereocenters. The lowest BCUT2D eigenvalue weighted by Gasteiger charge is -2.04. The number of benzene rings is 2. The first-order chi connectivity index (χ1) is 15.6. The minimum Gasteiger partial charge on any atom is -0.494 e. The standard InChI is InChI=1S/C24H18BrN3O3S/c1-2-12-30-18-8-6-15(7-9-18)22-26-24-28(27-22)23(29)21(32-24)14-19-10-11-20(31-19)16-4-3-5-17(25)13-16/h3-11,13-14H,2,12H2,1H3. The predicted molar refractivity (Wildman–Crippen MR) is 129 cm³/mol. The van der Waals surface area contributed by atoms with Crippen LogP contribution in [-0.2, 0) is 0 Å². The van der Waals surface area contributed by atoms with Crippen molar-refractivity contribution >= 4 is 38.3 Å². The number of hydrogen-bond donors (Lipinski definition) is 0. The molecule has 0 spiro atoms. The Morgan fingerprint density at radius 2 is 1.97 bits per heavy atom. The molecule has 2 aromatic carbocycles. The fourth-order valence-electron chi connectivity index (χ4n) is 3.23. The van der Waals surface area contributed by atoms with Gasteiger partial charge >= 0.3 is 0 Å². The van der Waals surface area contributed by atoms with E-state index in [1.807, 2.05) is 60.7 Å². The molecule has 5 rings (SSSR count). The highest BCUT2D eigenvalue weighted by atomic mass is 79.9. The number of furan rings is 1. The Morgan fingerprint density at radius 1 is 1.12 bits per heavy atom. The first-order valence-corrected chi connectivity index (χ1v) is 11.7. The SMILES string of the molecule is CCCOc1ccc(-c2nc3sc(=Cc4ccc(-c5cccc(Br)c5)o4)c(=O)n3n2)cc1. The lowest BCUT2D eigenvalue weighted by molar-refractivity contribution is 0.317. The zero-order valence-electron chi connectivity index (χ0n) is 17.1. The third-order valence-electron chi connectivity index (χ3n) is 4.78. The van der Waals surface area contributed by atoms with Gasteiger partial charge in [-0.25, -0.2) is 0 Å². The summed E-state index contributed by atoms with van der Waals surface area (Å²) in [5.41, 5.74) is 1.58. The van der Waals surface area contributed by atoms with Crippen molar-refractivity contribution in [1.29, 1.82) is 0 Å². The number of rotatable bonds is 6. The van der Waals surface area contributed by atoms with Crippen LogP contribution in [0.4, 0.5) is 0 Å². The molecule has 8 heteroatoms. The zero-order valence-corrected chi connectivity index (χ0v) is 19.5. The van der Waals surface area contributed by atoms with Crippen molar-refractivity contribution in [3.8, 4) is 28.5 Å². The van der Waals surface area contributed by atoms with Gasteiger partial charge in [-0.2, -0.15) is 9.50 Å². The smallest absolute Gasteiger partial charge is 0.291 e. The third kappa shape index (κ3) is 4.11. The van der Waals surface area contributed by atoms with Crippen LogP contribution in [0.5, 0.6) is 5.75 Å². The number of ether oxygens (including phenoxy) is 1. The molecule has 0 amide bonds. The number of nitrogens with zero attached hydrogens (tertiary/aromatic N) is 3. The van der Waals surface area contributed by atoms with Crippen LogP contribution in [-0.4, -0.2) is 21.2 Å². The van der Waals surface area contributed by atoms with Crippen LogP contribution in [0.2, 0.25) is 0 Å². The Hall–Kier alpha value is -3.23. The molecule has 0 atom stereocenters. The van der Waals surface area contributed by atoms with Crippen molar-refractivity contribution in [3.63, 3.8) is 0 Å². The number of aromatic nitrogens is 3. The van der Waals surface area contributed by atoms with E-state index < -0.39 is 0 Å². The Labute approximate surface area is 195 Å². The monoisotopic (exact) mass is 507 g/mol. The number of fused-ring (bicyclic) bond motifs is 1. The average molecular weight is 508 g/mol. The fourth-order valence-corrected chi connectivity index (χ4v) is 4.52. The summed E-state index contributed by atoms with van der Waals surface area (Å²) in [6, 6.07) is 19.2. The van der Waals surface area contributed by atoms with Gasteiger partial charge in [-0.05, 0) is 55.0 Å². The Kier molecular flexibility index (Phi) is 5.63. The second-order valence-electron chi connectivity index (χ2n) is 7.13. The molecule has 3 heterocycles. The second kappa shape index (κ2) is 8.72. The van der Waals surface area contributed by atoms with Crippen molar-refractivity contribution in [3.05, 3.63) is 85.8 Å². The minimum absolute atomic E-state index is 0.216. The molecular weight excluding hydrogens is 490 g/mol. The van der Waals surface area contributed by atoms with Crippen LogP contribution in [0, 0.1) is 0 Å². The summed E-state index contributed by atoms with van der Waals surface area (Å²) in [5.74, 6) is 2.65. The normalized spacial score (nSPS) is 12.0. The van der Waals surface area contributed by atoms with Crippen LogP contribution in [0.25, 0.3) is 33.7 Å². The first kappa shape index (κ1) is 20.7. The molecule has 0 saturated heterocycles. The topological polar surface area (TPSA) is 69.6 Å². The van der Waals surface area contributed by atoms with Crippen molar-refractivity contribution in [1.82, 2.24) is 14.6 Å². The van der Waals surface area contributed by atoms with Gasteiger partial charge in [0.25, 0.3) is 5.56 Å². The van der Waals surface area contributed by atoms with E-state index in [1.54, 1.807) is 6.08 Å². The molecule has 6 nitrogen and oxygen atoms in total. The summed E-state index contributed by atoms with van der Waals surface area (Å²) in [4.78, 5) is 17.9. The summed E-state index contributed by atoms with van der Waals surface area (Å²) in [5, 5.41) is 4.41. The molecule has 0 radical (unpaired) electrons. The van der Waals surface area contributed by atoms with Crippen LogP contribution in [0.1, 0.15) is 19.1 Å². The molecule has 32 heavy (non-hydrogen) atoms. The second-order valence-corrected chi connectivity index (χ2v) is 9.06. The largest absolute Gasteiger partial charge is 0.494 e. The summed E-state index contributed by atoms with van der Waals surface area (Å²) < 4.78 is 14.4. The van der Waals surface area contributed by atoms with E-state index in [0.29, 0.717) is 27.7 Å². The zero-order chi connectivity index (χ0) is 22.1.